The average Bonchev–Trinajstić information content (AvgIpc) is 2.61. The molecule has 0 aromatic rings. The zero-order valence-corrected chi connectivity index (χ0v) is 7.53. The second-order valence-corrected chi connectivity index (χ2v) is 3.72. The minimum Gasteiger partial charge on any atom is -0.393 e. The predicted molar refractivity (Wildman–Crippen MR) is 46.4 cm³/mol. The highest BCUT2D eigenvalue weighted by Gasteiger charge is 2.46. The molecule has 1 saturated heterocycles. The van der Waals surface area contributed by atoms with Crippen molar-refractivity contribution in [1.82, 2.24) is 0 Å². The first-order valence-corrected chi connectivity index (χ1v) is 4.51. The van der Waals surface area contributed by atoms with E-state index in [1.54, 1.807) is 7.05 Å². The summed E-state index contributed by atoms with van der Waals surface area (Å²) < 4.78 is 5.39. The predicted octanol–water partition coefficient (Wildman–Crippen LogP) is 0.615. The van der Waals surface area contributed by atoms with E-state index in [4.69, 9.17) is 4.74 Å². The van der Waals surface area contributed by atoms with E-state index in [0.717, 1.165) is 18.6 Å². The van der Waals surface area contributed by atoms with Crippen molar-refractivity contribution in [2.75, 3.05) is 7.05 Å². The van der Waals surface area contributed by atoms with Crippen molar-refractivity contribution in [3.05, 3.63) is 0 Å². The minimum atomic E-state index is -0.190. The van der Waals surface area contributed by atoms with Gasteiger partial charge in [0.25, 0.3) is 0 Å². The van der Waals surface area contributed by atoms with Gasteiger partial charge in [-0.3, -0.25) is 4.99 Å². The lowest BCUT2D eigenvalue weighted by molar-refractivity contribution is 0.174. The summed E-state index contributed by atoms with van der Waals surface area (Å²) in [6.45, 7) is 2.07. The first kappa shape index (κ1) is 8.20. The van der Waals surface area contributed by atoms with Crippen LogP contribution in [-0.2, 0) is 4.74 Å². The molecule has 1 heterocycles. The van der Waals surface area contributed by atoms with Crippen LogP contribution in [-0.4, -0.2) is 36.2 Å². The molecular formula is C9H15NO2. The number of aliphatic hydroxyl groups is 1. The van der Waals surface area contributed by atoms with Gasteiger partial charge in [-0.15, -0.1) is 0 Å². The smallest absolute Gasteiger partial charge is 0.0919 e. The molecule has 1 saturated carbocycles. The molecule has 2 rings (SSSR count). The zero-order valence-electron chi connectivity index (χ0n) is 7.53. The topological polar surface area (TPSA) is 45.1 Å². The van der Waals surface area contributed by atoms with E-state index in [1.807, 2.05) is 0 Å². The van der Waals surface area contributed by atoms with Crippen molar-refractivity contribution in [3.63, 3.8) is 0 Å². The summed E-state index contributed by atoms with van der Waals surface area (Å²) in [4.78, 5) is 4.19. The summed E-state index contributed by atoms with van der Waals surface area (Å²) in [6, 6.07) is 0. The van der Waals surface area contributed by atoms with Crippen molar-refractivity contribution in [3.8, 4) is 0 Å². The van der Waals surface area contributed by atoms with E-state index < -0.39 is 0 Å². The molecule has 3 heteroatoms. The molecule has 68 valence electrons. The largest absolute Gasteiger partial charge is 0.393 e. The highest BCUT2D eigenvalue weighted by atomic mass is 16.6. The standard InChI is InChI=1S/C9H15NO2/c1-5-9(12-5)7-3-6(11)4-8(7)10-2/h5-7,9,11H,3-4H2,1-2H3/b10-8+. The van der Waals surface area contributed by atoms with Gasteiger partial charge in [0, 0.05) is 25.1 Å². The molecule has 12 heavy (non-hydrogen) atoms. The summed E-state index contributed by atoms with van der Waals surface area (Å²) in [6.07, 6.45) is 2.10. The van der Waals surface area contributed by atoms with E-state index >= 15 is 0 Å². The molecule has 1 aliphatic carbocycles. The van der Waals surface area contributed by atoms with Gasteiger partial charge in [0.2, 0.25) is 0 Å². The molecule has 0 bridgehead atoms. The van der Waals surface area contributed by atoms with Crippen molar-refractivity contribution >= 4 is 5.71 Å². The maximum atomic E-state index is 9.43. The van der Waals surface area contributed by atoms with Gasteiger partial charge < -0.3 is 9.84 Å². The summed E-state index contributed by atoms with van der Waals surface area (Å²) >= 11 is 0. The van der Waals surface area contributed by atoms with Crippen LogP contribution in [0.15, 0.2) is 4.99 Å². The molecule has 1 aliphatic heterocycles. The highest BCUT2D eigenvalue weighted by Crippen LogP contribution is 2.37. The van der Waals surface area contributed by atoms with Crippen LogP contribution in [0.1, 0.15) is 19.8 Å². The zero-order chi connectivity index (χ0) is 8.72. The Bertz CT molecular complexity index is 215. The minimum absolute atomic E-state index is 0.190. The molecule has 0 amide bonds. The first-order valence-electron chi connectivity index (χ1n) is 4.51. The fourth-order valence-electron chi connectivity index (χ4n) is 2.11. The Morgan fingerprint density at radius 2 is 2.25 bits per heavy atom. The second-order valence-electron chi connectivity index (χ2n) is 3.72. The second kappa shape index (κ2) is 2.82. The lowest BCUT2D eigenvalue weighted by atomic mass is 10.0. The Kier molecular flexibility index (Phi) is 1.93. The van der Waals surface area contributed by atoms with Gasteiger partial charge in [0.15, 0.2) is 0 Å². The van der Waals surface area contributed by atoms with Gasteiger partial charge in [-0.05, 0) is 13.3 Å². The van der Waals surface area contributed by atoms with Crippen LogP contribution in [0.5, 0.6) is 0 Å². The third-order valence-corrected chi connectivity index (χ3v) is 2.84. The normalized spacial score (nSPS) is 50.1. The number of epoxide rings is 1. The third kappa shape index (κ3) is 1.27. The SMILES string of the molecule is C/N=C1\CC(O)CC1C1OC1C. The molecule has 0 spiro atoms. The molecule has 0 radical (unpaired) electrons. The van der Waals surface area contributed by atoms with Gasteiger partial charge >= 0.3 is 0 Å². The molecule has 0 aromatic carbocycles. The Morgan fingerprint density at radius 1 is 1.58 bits per heavy atom. The third-order valence-electron chi connectivity index (χ3n) is 2.84. The quantitative estimate of drug-likeness (QED) is 0.585. The number of nitrogens with zero attached hydrogens (tertiary/aromatic N) is 1. The van der Waals surface area contributed by atoms with Crippen LogP contribution < -0.4 is 0 Å². The molecule has 1 N–H and O–H groups in total. The Morgan fingerprint density at radius 3 is 2.75 bits per heavy atom. The monoisotopic (exact) mass is 169 g/mol. The number of ether oxygens (including phenoxy) is 1. The maximum absolute atomic E-state index is 9.43. The van der Waals surface area contributed by atoms with Gasteiger partial charge in [-0.2, -0.15) is 0 Å². The molecular weight excluding hydrogens is 154 g/mol. The van der Waals surface area contributed by atoms with Crippen LogP contribution in [0.25, 0.3) is 0 Å². The Labute approximate surface area is 72.5 Å². The van der Waals surface area contributed by atoms with E-state index in [-0.39, 0.29) is 6.10 Å². The molecule has 4 unspecified atom stereocenters. The summed E-state index contributed by atoms with van der Waals surface area (Å²) in [5.74, 6) is 0.389. The van der Waals surface area contributed by atoms with Crippen LogP contribution >= 0.6 is 0 Å². The lowest BCUT2D eigenvalue weighted by Gasteiger charge is -2.05. The van der Waals surface area contributed by atoms with E-state index in [0.29, 0.717) is 18.1 Å². The number of hydrogen-bond acceptors (Lipinski definition) is 3. The van der Waals surface area contributed by atoms with Crippen LogP contribution in [0.4, 0.5) is 0 Å². The Hall–Kier alpha value is -0.410. The van der Waals surface area contributed by atoms with Crippen molar-refractivity contribution in [2.45, 2.75) is 38.1 Å². The summed E-state index contributed by atoms with van der Waals surface area (Å²) in [5.41, 5.74) is 1.14. The average molecular weight is 169 g/mol. The molecule has 3 nitrogen and oxygen atoms in total. The molecule has 2 aliphatic rings. The number of hydrogen-bond donors (Lipinski definition) is 1. The summed E-state index contributed by atoms with van der Waals surface area (Å²) in [7, 11) is 1.80. The van der Waals surface area contributed by atoms with Crippen molar-refractivity contribution in [2.24, 2.45) is 10.9 Å². The summed E-state index contributed by atoms with van der Waals surface area (Å²) in [5, 5.41) is 9.43. The fourth-order valence-corrected chi connectivity index (χ4v) is 2.11. The van der Waals surface area contributed by atoms with Gasteiger partial charge in [-0.1, -0.05) is 0 Å². The van der Waals surface area contributed by atoms with Gasteiger partial charge in [0.1, 0.15) is 0 Å². The first-order chi connectivity index (χ1) is 5.72. The maximum Gasteiger partial charge on any atom is 0.0919 e. The van der Waals surface area contributed by atoms with Gasteiger partial charge in [-0.25, -0.2) is 0 Å². The van der Waals surface area contributed by atoms with E-state index in [2.05, 4.69) is 11.9 Å². The Balaban J connectivity index is 2.05. The van der Waals surface area contributed by atoms with Crippen molar-refractivity contribution in [1.29, 1.82) is 0 Å². The van der Waals surface area contributed by atoms with Crippen molar-refractivity contribution < 1.29 is 9.84 Å². The van der Waals surface area contributed by atoms with Crippen LogP contribution in [0.3, 0.4) is 0 Å². The van der Waals surface area contributed by atoms with Crippen LogP contribution in [0, 0.1) is 5.92 Å². The highest BCUT2D eigenvalue weighted by molar-refractivity contribution is 5.90. The molecule has 4 atom stereocenters. The van der Waals surface area contributed by atoms with E-state index in [9.17, 15) is 5.11 Å². The van der Waals surface area contributed by atoms with E-state index in [1.165, 1.54) is 0 Å². The number of rotatable bonds is 1. The number of aliphatic imine (C=N–C) groups is 1. The van der Waals surface area contributed by atoms with Gasteiger partial charge in [0.05, 0.1) is 18.3 Å². The molecule has 2 fully saturated rings. The lowest BCUT2D eigenvalue weighted by Crippen LogP contribution is -2.15. The fraction of sp³-hybridized carbons (Fsp3) is 0.889. The molecule has 0 aromatic heterocycles. The van der Waals surface area contributed by atoms with Crippen LogP contribution in [0.2, 0.25) is 0 Å². The number of aliphatic hydroxyl groups excluding tert-OH is 1.